The molecule has 0 bridgehead atoms. The van der Waals surface area contributed by atoms with Crippen molar-refractivity contribution < 1.29 is 9.47 Å². The van der Waals surface area contributed by atoms with E-state index in [0.717, 1.165) is 43.9 Å². The summed E-state index contributed by atoms with van der Waals surface area (Å²) < 4.78 is 11.0. The first-order chi connectivity index (χ1) is 7.85. The van der Waals surface area contributed by atoms with Crippen molar-refractivity contribution in [1.82, 2.24) is 0 Å². The molecular weight excluding hydrogens is 202 g/mol. The summed E-state index contributed by atoms with van der Waals surface area (Å²) in [6.07, 6.45) is 3.27. The molecule has 1 aromatic rings. The Balaban J connectivity index is 2.33. The van der Waals surface area contributed by atoms with E-state index in [0.29, 0.717) is 5.92 Å². The molecule has 88 valence electrons. The van der Waals surface area contributed by atoms with Crippen LogP contribution in [0.25, 0.3) is 0 Å². The fourth-order valence-electron chi connectivity index (χ4n) is 2.27. The van der Waals surface area contributed by atoms with Gasteiger partial charge in [0.15, 0.2) is 0 Å². The fraction of sp³-hybridized carbons (Fsp3) is 0.538. The van der Waals surface area contributed by atoms with E-state index < -0.39 is 0 Å². The second-order valence-electron chi connectivity index (χ2n) is 4.17. The number of rotatable bonds is 3. The van der Waals surface area contributed by atoms with Gasteiger partial charge < -0.3 is 15.2 Å². The number of hydrogen-bond acceptors (Lipinski definition) is 3. The van der Waals surface area contributed by atoms with Gasteiger partial charge in [0.05, 0.1) is 13.7 Å². The number of fused-ring (bicyclic) bond motifs is 1. The van der Waals surface area contributed by atoms with Crippen LogP contribution < -0.4 is 15.2 Å². The zero-order valence-corrected chi connectivity index (χ0v) is 9.74. The van der Waals surface area contributed by atoms with E-state index >= 15 is 0 Å². The predicted molar refractivity (Wildman–Crippen MR) is 64.1 cm³/mol. The molecule has 0 fully saturated rings. The standard InChI is InChI=1S/C13H19NO2/c1-15-11-4-5-13-12(9-11)10(6-7-14)3-2-8-16-13/h4-5,9-10H,2-3,6-8,14H2,1H3. The normalized spacial score (nSPS) is 19.5. The monoisotopic (exact) mass is 221 g/mol. The van der Waals surface area contributed by atoms with Crippen molar-refractivity contribution >= 4 is 0 Å². The Morgan fingerprint density at radius 3 is 3.12 bits per heavy atom. The highest BCUT2D eigenvalue weighted by Crippen LogP contribution is 2.37. The van der Waals surface area contributed by atoms with Gasteiger partial charge >= 0.3 is 0 Å². The van der Waals surface area contributed by atoms with Crippen molar-refractivity contribution in [3.8, 4) is 11.5 Å². The van der Waals surface area contributed by atoms with Crippen LogP contribution in [0.5, 0.6) is 11.5 Å². The average molecular weight is 221 g/mol. The summed E-state index contributed by atoms with van der Waals surface area (Å²) in [5, 5.41) is 0. The molecule has 1 aliphatic rings. The lowest BCUT2D eigenvalue weighted by Crippen LogP contribution is -2.07. The van der Waals surface area contributed by atoms with Crippen LogP contribution in [0.4, 0.5) is 0 Å². The molecule has 2 rings (SSSR count). The zero-order chi connectivity index (χ0) is 11.4. The highest BCUT2D eigenvalue weighted by atomic mass is 16.5. The molecule has 3 heteroatoms. The molecule has 1 aromatic carbocycles. The quantitative estimate of drug-likeness (QED) is 0.851. The lowest BCUT2D eigenvalue weighted by Gasteiger charge is -2.16. The number of hydrogen-bond donors (Lipinski definition) is 1. The second-order valence-corrected chi connectivity index (χ2v) is 4.17. The van der Waals surface area contributed by atoms with E-state index in [-0.39, 0.29) is 0 Å². The van der Waals surface area contributed by atoms with Crippen LogP contribution in [-0.4, -0.2) is 20.3 Å². The fourth-order valence-corrected chi connectivity index (χ4v) is 2.27. The minimum Gasteiger partial charge on any atom is -0.497 e. The molecule has 0 radical (unpaired) electrons. The van der Waals surface area contributed by atoms with Crippen LogP contribution in [0.2, 0.25) is 0 Å². The lowest BCUT2D eigenvalue weighted by molar-refractivity contribution is 0.315. The molecule has 1 atom stereocenters. The molecule has 2 N–H and O–H groups in total. The molecule has 3 nitrogen and oxygen atoms in total. The summed E-state index contributed by atoms with van der Waals surface area (Å²) in [5.41, 5.74) is 6.92. The van der Waals surface area contributed by atoms with E-state index in [1.807, 2.05) is 12.1 Å². The Hall–Kier alpha value is -1.22. The SMILES string of the molecule is COc1ccc2c(c1)C(CCN)CCCO2. The highest BCUT2D eigenvalue weighted by Gasteiger charge is 2.19. The third-order valence-corrected chi connectivity index (χ3v) is 3.13. The topological polar surface area (TPSA) is 44.5 Å². The summed E-state index contributed by atoms with van der Waals surface area (Å²) in [6.45, 7) is 1.53. The third kappa shape index (κ3) is 2.30. The average Bonchev–Trinajstić information content (AvgIpc) is 2.52. The van der Waals surface area contributed by atoms with Gasteiger partial charge in [-0.1, -0.05) is 0 Å². The van der Waals surface area contributed by atoms with Gasteiger partial charge in [-0.05, 0) is 49.9 Å². The minimum atomic E-state index is 0.512. The molecule has 0 saturated carbocycles. The van der Waals surface area contributed by atoms with Gasteiger partial charge in [0.1, 0.15) is 11.5 Å². The maximum atomic E-state index is 5.73. The minimum absolute atomic E-state index is 0.512. The van der Waals surface area contributed by atoms with Gasteiger partial charge in [-0.2, -0.15) is 0 Å². The van der Waals surface area contributed by atoms with Crippen molar-refractivity contribution in [2.75, 3.05) is 20.3 Å². The summed E-state index contributed by atoms with van der Waals surface area (Å²) in [6, 6.07) is 6.04. The Bertz CT molecular complexity index is 352. The van der Waals surface area contributed by atoms with Gasteiger partial charge in [-0.25, -0.2) is 0 Å². The molecule has 1 unspecified atom stereocenters. The van der Waals surface area contributed by atoms with E-state index in [4.69, 9.17) is 15.2 Å². The molecule has 0 aromatic heterocycles. The molecule has 0 amide bonds. The van der Waals surface area contributed by atoms with Crippen molar-refractivity contribution in [3.05, 3.63) is 23.8 Å². The van der Waals surface area contributed by atoms with E-state index in [2.05, 4.69) is 6.07 Å². The number of ether oxygens (including phenoxy) is 2. The molecule has 1 aliphatic heterocycles. The van der Waals surface area contributed by atoms with Gasteiger partial charge in [-0.15, -0.1) is 0 Å². The molecule has 0 spiro atoms. The molecule has 0 saturated heterocycles. The highest BCUT2D eigenvalue weighted by molar-refractivity contribution is 5.43. The number of nitrogens with two attached hydrogens (primary N) is 1. The van der Waals surface area contributed by atoms with Crippen LogP contribution in [0.1, 0.15) is 30.7 Å². The Kier molecular flexibility index (Phi) is 3.67. The first kappa shape index (κ1) is 11.3. The molecule has 1 heterocycles. The van der Waals surface area contributed by atoms with Crippen molar-refractivity contribution in [2.24, 2.45) is 5.73 Å². The van der Waals surface area contributed by atoms with Crippen molar-refractivity contribution in [3.63, 3.8) is 0 Å². The van der Waals surface area contributed by atoms with Gasteiger partial charge in [0, 0.05) is 5.56 Å². The largest absolute Gasteiger partial charge is 0.497 e. The van der Waals surface area contributed by atoms with Crippen LogP contribution in [0.15, 0.2) is 18.2 Å². The van der Waals surface area contributed by atoms with Crippen molar-refractivity contribution in [2.45, 2.75) is 25.2 Å². The van der Waals surface area contributed by atoms with Crippen molar-refractivity contribution in [1.29, 1.82) is 0 Å². The summed E-state index contributed by atoms with van der Waals surface area (Å²) in [7, 11) is 1.69. The second kappa shape index (κ2) is 5.21. The summed E-state index contributed by atoms with van der Waals surface area (Å²) in [5.74, 6) is 2.40. The number of methoxy groups -OCH3 is 1. The van der Waals surface area contributed by atoms with E-state index in [1.54, 1.807) is 7.11 Å². The van der Waals surface area contributed by atoms with Crippen LogP contribution in [0.3, 0.4) is 0 Å². The molecular formula is C13H19NO2. The van der Waals surface area contributed by atoms with Crippen LogP contribution in [-0.2, 0) is 0 Å². The lowest BCUT2D eigenvalue weighted by atomic mass is 9.91. The number of benzene rings is 1. The maximum Gasteiger partial charge on any atom is 0.123 e. The first-order valence-electron chi connectivity index (χ1n) is 5.86. The van der Waals surface area contributed by atoms with E-state index in [9.17, 15) is 0 Å². The van der Waals surface area contributed by atoms with Crippen LogP contribution >= 0.6 is 0 Å². The smallest absolute Gasteiger partial charge is 0.123 e. The van der Waals surface area contributed by atoms with Crippen LogP contribution in [0, 0.1) is 0 Å². The maximum absolute atomic E-state index is 5.73. The third-order valence-electron chi connectivity index (χ3n) is 3.13. The summed E-state index contributed by atoms with van der Waals surface area (Å²) in [4.78, 5) is 0. The summed E-state index contributed by atoms with van der Waals surface area (Å²) >= 11 is 0. The zero-order valence-electron chi connectivity index (χ0n) is 9.74. The Morgan fingerprint density at radius 2 is 2.38 bits per heavy atom. The first-order valence-corrected chi connectivity index (χ1v) is 5.86. The molecule has 16 heavy (non-hydrogen) atoms. The van der Waals surface area contributed by atoms with Gasteiger partial charge in [0.2, 0.25) is 0 Å². The van der Waals surface area contributed by atoms with E-state index in [1.165, 1.54) is 5.56 Å². The Labute approximate surface area is 96.5 Å². The predicted octanol–water partition coefficient (Wildman–Crippen LogP) is 2.30. The molecule has 0 aliphatic carbocycles. The Morgan fingerprint density at radius 1 is 1.50 bits per heavy atom. The van der Waals surface area contributed by atoms with Gasteiger partial charge in [0.25, 0.3) is 0 Å². The van der Waals surface area contributed by atoms with Gasteiger partial charge in [-0.3, -0.25) is 0 Å².